The number of rotatable bonds is 10. The van der Waals surface area contributed by atoms with Gasteiger partial charge in [-0.2, -0.15) is 13.2 Å². The zero-order valence-corrected chi connectivity index (χ0v) is 22.0. The first-order valence-corrected chi connectivity index (χ1v) is 11.9. The number of anilines is 2. The molecule has 0 heterocycles. The lowest BCUT2D eigenvalue weighted by atomic mass is 9.94. The van der Waals surface area contributed by atoms with Gasteiger partial charge in [0.2, 0.25) is 5.91 Å². The van der Waals surface area contributed by atoms with Gasteiger partial charge in [-0.15, -0.1) is 0 Å². The van der Waals surface area contributed by atoms with Crippen LogP contribution in [-0.4, -0.2) is 29.9 Å². The minimum atomic E-state index is -4.72. The van der Waals surface area contributed by atoms with Crippen molar-refractivity contribution in [1.29, 1.82) is 0 Å². The molecular weight excluding hydrogens is 543 g/mol. The Morgan fingerprint density at radius 1 is 1.08 bits per heavy atom. The summed E-state index contributed by atoms with van der Waals surface area (Å²) in [5, 5.41) is 5.24. The summed E-state index contributed by atoms with van der Waals surface area (Å²) in [6, 6.07) is 8.51. The summed E-state index contributed by atoms with van der Waals surface area (Å²) in [5.41, 5.74) is 3.19. The number of Topliss-reactive ketones (excluding diaryl/α,β-unsaturated/α-hetero) is 1. The van der Waals surface area contributed by atoms with Crippen LogP contribution in [0.15, 0.2) is 40.9 Å². The highest BCUT2D eigenvalue weighted by molar-refractivity contribution is 9.10. The van der Waals surface area contributed by atoms with Crippen molar-refractivity contribution in [3.8, 4) is 0 Å². The molecule has 196 valence electrons. The van der Waals surface area contributed by atoms with Gasteiger partial charge in [0, 0.05) is 34.4 Å². The van der Waals surface area contributed by atoms with E-state index in [-0.39, 0.29) is 41.4 Å². The molecule has 0 aliphatic carbocycles. The van der Waals surface area contributed by atoms with Gasteiger partial charge in [0.1, 0.15) is 5.60 Å². The van der Waals surface area contributed by atoms with Gasteiger partial charge >= 0.3 is 12.3 Å². The first-order chi connectivity index (χ1) is 16.6. The lowest BCUT2D eigenvalue weighted by Gasteiger charge is -2.27. The third kappa shape index (κ3) is 8.85. The van der Waals surface area contributed by atoms with Crippen LogP contribution in [0.5, 0.6) is 0 Å². The Morgan fingerprint density at radius 3 is 2.31 bits per heavy atom. The van der Waals surface area contributed by atoms with Crippen molar-refractivity contribution in [2.24, 2.45) is 11.7 Å². The first kappa shape index (κ1) is 29.2. The van der Waals surface area contributed by atoms with Crippen molar-refractivity contribution in [2.75, 3.05) is 17.2 Å². The van der Waals surface area contributed by atoms with Crippen molar-refractivity contribution in [1.82, 2.24) is 0 Å². The maximum absolute atomic E-state index is 13.9. The average molecular weight is 572 g/mol. The normalized spacial score (nSPS) is 11.8. The molecule has 0 unspecified atom stereocenters. The monoisotopic (exact) mass is 571 g/mol. The second kappa shape index (κ2) is 11.8. The number of hydrogen-bond donors (Lipinski definition) is 3. The molecule has 0 aromatic heterocycles. The fourth-order valence-corrected chi connectivity index (χ4v) is 3.87. The number of alkyl halides is 3. The predicted octanol–water partition coefficient (Wildman–Crippen LogP) is 6.16. The Kier molecular flexibility index (Phi) is 9.53. The number of amides is 2. The van der Waals surface area contributed by atoms with Crippen molar-refractivity contribution in [2.45, 2.75) is 52.3 Å². The van der Waals surface area contributed by atoms with Crippen molar-refractivity contribution >= 4 is 45.1 Å². The molecule has 11 heteroatoms. The van der Waals surface area contributed by atoms with Crippen molar-refractivity contribution in [3.05, 3.63) is 57.6 Å². The average Bonchev–Trinajstić information content (AvgIpc) is 2.71. The van der Waals surface area contributed by atoms with Gasteiger partial charge in [0.25, 0.3) is 0 Å². The summed E-state index contributed by atoms with van der Waals surface area (Å²) in [5.74, 6) is -1.22. The molecule has 36 heavy (non-hydrogen) atoms. The minimum Gasteiger partial charge on any atom is -0.443 e. The van der Waals surface area contributed by atoms with Gasteiger partial charge in [-0.3, -0.25) is 9.59 Å². The quantitative estimate of drug-likeness (QED) is 0.233. The molecule has 0 radical (unpaired) electrons. The Bertz CT molecular complexity index is 1130. The number of nitrogens with two attached hydrogens (primary N) is 1. The smallest absolute Gasteiger partial charge is 0.418 e. The molecule has 2 aromatic carbocycles. The van der Waals surface area contributed by atoms with Gasteiger partial charge < -0.3 is 21.1 Å². The Hall–Kier alpha value is -3.08. The van der Waals surface area contributed by atoms with Gasteiger partial charge in [-0.05, 0) is 49.6 Å². The molecular formula is C25H29BrF3N3O4. The van der Waals surface area contributed by atoms with Crippen LogP contribution in [0.2, 0.25) is 0 Å². The second-order valence-electron chi connectivity index (χ2n) is 9.34. The van der Waals surface area contributed by atoms with E-state index in [0.29, 0.717) is 4.47 Å². The highest BCUT2D eigenvalue weighted by Gasteiger charge is 2.36. The largest absolute Gasteiger partial charge is 0.443 e. The second-order valence-corrected chi connectivity index (χ2v) is 10.3. The maximum atomic E-state index is 13.9. The van der Waals surface area contributed by atoms with Crippen LogP contribution in [0, 0.1) is 5.92 Å². The lowest BCUT2D eigenvalue weighted by molar-refractivity contribution is -0.137. The summed E-state index contributed by atoms with van der Waals surface area (Å²) in [4.78, 5) is 36.5. The van der Waals surface area contributed by atoms with Gasteiger partial charge in [0.15, 0.2) is 5.78 Å². The summed E-state index contributed by atoms with van der Waals surface area (Å²) in [6.45, 7) is 7.05. The van der Waals surface area contributed by atoms with E-state index in [1.807, 2.05) is 13.8 Å². The summed E-state index contributed by atoms with van der Waals surface area (Å²) >= 11 is 3.25. The maximum Gasteiger partial charge on any atom is 0.418 e. The molecule has 7 nitrogen and oxygen atoms in total. The molecule has 0 aliphatic heterocycles. The fourth-order valence-electron chi connectivity index (χ4n) is 3.47. The highest BCUT2D eigenvalue weighted by Crippen LogP contribution is 2.39. The van der Waals surface area contributed by atoms with Gasteiger partial charge in [-0.25, -0.2) is 4.79 Å². The standard InChI is InChI=1S/C25H29BrF3N3O4/c1-14(2)13-31-20-9-16(12-24(3,4)36-23(30)35)19(10-18(20)25(27,28)29)32-22(34)11-21(33)15-6-5-7-17(26)8-15/h5-10,14,31H,11-13H2,1-4H3,(H2,30,35)(H,32,34). The Morgan fingerprint density at radius 2 is 1.75 bits per heavy atom. The Labute approximate surface area is 216 Å². The molecule has 0 aliphatic rings. The predicted molar refractivity (Wildman–Crippen MR) is 135 cm³/mol. The molecule has 2 rings (SSSR count). The molecule has 0 saturated carbocycles. The molecule has 0 atom stereocenters. The summed E-state index contributed by atoms with van der Waals surface area (Å²) in [7, 11) is 0. The van der Waals surface area contributed by atoms with E-state index in [2.05, 4.69) is 26.6 Å². The van der Waals surface area contributed by atoms with Gasteiger partial charge in [-0.1, -0.05) is 41.9 Å². The van der Waals surface area contributed by atoms with Crippen LogP contribution in [-0.2, 0) is 22.1 Å². The van der Waals surface area contributed by atoms with E-state index in [0.717, 1.165) is 6.07 Å². The van der Waals surface area contributed by atoms with Crippen LogP contribution in [0.25, 0.3) is 0 Å². The highest BCUT2D eigenvalue weighted by atomic mass is 79.9. The van der Waals surface area contributed by atoms with Crippen LogP contribution in [0.3, 0.4) is 0 Å². The molecule has 2 aromatic rings. The lowest BCUT2D eigenvalue weighted by Crippen LogP contribution is -2.33. The number of hydrogen-bond acceptors (Lipinski definition) is 5. The van der Waals surface area contributed by atoms with Crippen LogP contribution in [0.4, 0.5) is 29.3 Å². The molecule has 2 amide bonds. The van der Waals surface area contributed by atoms with Crippen molar-refractivity contribution in [3.63, 3.8) is 0 Å². The van der Waals surface area contributed by atoms with Crippen LogP contribution < -0.4 is 16.4 Å². The number of ketones is 1. The molecule has 0 fully saturated rings. The molecule has 4 N–H and O–H groups in total. The topological polar surface area (TPSA) is 111 Å². The summed E-state index contributed by atoms with van der Waals surface area (Å²) in [6.07, 6.45) is -6.40. The van der Waals surface area contributed by atoms with E-state index in [1.165, 1.54) is 12.1 Å². The number of carbonyl (C=O) groups excluding carboxylic acids is 3. The van der Waals surface area contributed by atoms with Gasteiger partial charge in [0.05, 0.1) is 12.0 Å². The van der Waals surface area contributed by atoms with E-state index in [9.17, 15) is 27.6 Å². The van der Waals surface area contributed by atoms with Crippen LogP contribution >= 0.6 is 15.9 Å². The third-order valence-electron chi connectivity index (χ3n) is 4.98. The van der Waals surface area contributed by atoms with E-state index in [1.54, 1.807) is 32.0 Å². The number of primary amides is 1. The SMILES string of the molecule is CC(C)CNc1cc(CC(C)(C)OC(N)=O)c(NC(=O)CC(=O)c2cccc(Br)c2)cc1C(F)(F)F. The molecule has 0 spiro atoms. The summed E-state index contributed by atoms with van der Waals surface area (Å²) < 4.78 is 47.5. The molecule has 0 saturated heterocycles. The zero-order chi connectivity index (χ0) is 27.3. The van der Waals surface area contributed by atoms with E-state index >= 15 is 0 Å². The number of ether oxygens (including phenoxy) is 1. The zero-order valence-electron chi connectivity index (χ0n) is 20.4. The van der Waals surface area contributed by atoms with Crippen LogP contribution in [0.1, 0.15) is 55.6 Å². The first-order valence-electron chi connectivity index (χ1n) is 11.1. The van der Waals surface area contributed by atoms with E-state index in [4.69, 9.17) is 10.5 Å². The van der Waals surface area contributed by atoms with E-state index < -0.39 is 41.5 Å². The van der Waals surface area contributed by atoms with Crippen molar-refractivity contribution < 1.29 is 32.3 Å². The Balaban J connectivity index is 2.45. The molecule has 0 bridgehead atoms. The minimum absolute atomic E-state index is 0.0559. The number of halogens is 4. The number of nitrogens with one attached hydrogen (secondary N) is 2. The fraction of sp³-hybridized carbons (Fsp3) is 0.400. The number of benzene rings is 2. The third-order valence-corrected chi connectivity index (χ3v) is 5.48. The number of carbonyl (C=O) groups is 3.